The molecule has 1 atom stereocenters. The highest BCUT2D eigenvalue weighted by Crippen LogP contribution is 2.27. The van der Waals surface area contributed by atoms with Crippen molar-refractivity contribution >= 4 is 0 Å². The number of aromatic nitrogens is 1. The number of nitrogens with one attached hydrogen (secondary N) is 2. The maximum atomic E-state index is 11.3. The summed E-state index contributed by atoms with van der Waals surface area (Å²) in [4.78, 5) is 14.3. The van der Waals surface area contributed by atoms with Gasteiger partial charge in [0.15, 0.2) is 0 Å². The smallest absolute Gasteiger partial charge is 0.248 e. The summed E-state index contributed by atoms with van der Waals surface area (Å²) >= 11 is 0. The van der Waals surface area contributed by atoms with Crippen molar-refractivity contribution in [3.8, 4) is 0 Å². The van der Waals surface area contributed by atoms with Crippen LogP contribution in [0.2, 0.25) is 0 Å². The molecule has 20 heavy (non-hydrogen) atoms. The molecule has 112 valence electrons. The first-order chi connectivity index (χ1) is 9.66. The molecule has 1 heterocycles. The molecule has 1 aromatic rings. The zero-order valence-electron chi connectivity index (χ0n) is 12.6. The number of fused-ring (bicyclic) bond motifs is 1. The lowest BCUT2D eigenvalue weighted by Crippen LogP contribution is -2.29. The number of hydrogen-bond donors (Lipinski definition) is 2. The van der Waals surface area contributed by atoms with Gasteiger partial charge in [-0.15, -0.1) is 0 Å². The monoisotopic (exact) mass is 278 g/mol. The molecule has 2 N–H and O–H groups in total. The Hall–Kier alpha value is -1.13. The summed E-state index contributed by atoms with van der Waals surface area (Å²) in [6.07, 6.45) is 4.35. The van der Waals surface area contributed by atoms with Crippen molar-refractivity contribution in [1.82, 2.24) is 10.3 Å². The van der Waals surface area contributed by atoms with Gasteiger partial charge in [0.05, 0.1) is 6.61 Å². The van der Waals surface area contributed by atoms with Crippen LogP contribution in [-0.2, 0) is 11.2 Å². The number of ether oxygens (including phenoxy) is 1. The summed E-state index contributed by atoms with van der Waals surface area (Å²) in [5, 5.41) is 3.54. The van der Waals surface area contributed by atoms with Gasteiger partial charge in [0.2, 0.25) is 5.56 Å². The molecule has 0 bridgehead atoms. The second-order valence-corrected chi connectivity index (χ2v) is 5.95. The molecule has 1 unspecified atom stereocenters. The summed E-state index contributed by atoms with van der Waals surface area (Å²) < 4.78 is 5.62. The molecule has 0 aromatic carbocycles. The molecule has 0 radical (unpaired) electrons. The lowest BCUT2D eigenvalue weighted by atomic mass is 9.91. The standard InChI is InChI=1S/C16H26N2O2/c1-12(2)8-10-20-11-9-17-14-4-3-5-15-13(14)6-7-16(19)18-15/h6-7,12,14,17H,3-5,8-11H2,1-2H3,(H,18,19). The fourth-order valence-electron chi connectivity index (χ4n) is 2.64. The number of pyridine rings is 1. The number of H-pyrrole nitrogens is 1. The number of aryl methyl sites for hydroxylation is 1. The van der Waals surface area contributed by atoms with E-state index < -0.39 is 0 Å². The zero-order valence-corrected chi connectivity index (χ0v) is 12.6. The van der Waals surface area contributed by atoms with Crippen molar-refractivity contribution in [3.05, 3.63) is 33.7 Å². The lowest BCUT2D eigenvalue weighted by molar-refractivity contribution is 0.122. The maximum absolute atomic E-state index is 11.3. The molecule has 0 fully saturated rings. The molecule has 0 aliphatic heterocycles. The molecule has 0 saturated carbocycles. The fourth-order valence-corrected chi connectivity index (χ4v) is 2.64. The Kier molecular flexibility index (Phi) is 5.80. The lowest BCUT2D eigenvalue weighted by Gasteiger charge is -2.26. The van der Waals surface area contributed by atoms with Gasteiger partial charge in [-0.2, -0.15) is 0 Å². The van der Waals surface area contributed by atoms with E-state index in [1.807, 2.05) is 6.07 Å². The Morgan fingerprint density at radius 2 is 2.25 bits per heavy atom. The molecule has 4 nitrogen and oxygen atoms in total. The SMILES string of the molecule is CC(C)CCOCCNC1CCCc2[nH]c(=O)ccc21. The van der Waals surface area contributed by atoms with Crippen molar-refractivity contribution in [1.29, 1.82) is 0 Å². The molecule has 1 aliphatic carbocycles. The van der Waals surface area contributed by atoms with E-state index in [-0.39, 0.29) is 5.56 Å². The van der Waals surface area contributed by atoms with Crippen LogP contribution in [0.15, 0.2) is 16.9 Å². The van der Waals surface area contributed by atoms with Crippen LogP contribution in [0.4, 0.5) is 0 Å². The molecular formula is C16H26N2O2. The molecule has 0 saturated heterocycles. The minimum absolute atomic E-state index is 0.00131. The summed E-state index contributed by atoms with van der Waals surface area (Å²) in [7, 11) is 0. The average Bonchev–Trinajstić information content (AvgIpc) is 2.42. The minimum Gasteiger partial charge on any atom is -0.380 e. The van der Waals surface area contributed by atoms with E-state index in [2.05, 4.69) is 24.1 Å². The van der Waals surface area contributed by atoms with Crippen molar-refractivity contribution in [2.75, 3.05) is 19.8 Å². The zero-order chi connectivity index (χ0) is 14.4. The molecule has 1 aliphatic rings. The third-order valence-corrected chi connectivity index (χ3v) is 3.81. The normalized spacial score (nSPS) is 18.2. The van der Waals surface area contributed by atoms with Gasteiger partial charge in [0.1, 0.15) is 0 Å². The van der Waals surface area contributed by atoms with Gasteiger partial charge in [-0.1, -0.05) is 19.9 Å². The quantitative estimate of drug-likeness (QED) is 0.753. The predicted octanol–water partition coefficient (Wildman–Crippen LogP) is 2.40. The van der Waals surface area contributed by atoms with Gasteiger partial charge in [0, 0.05) is 31.0 Å². The van der Waals surface area contributed by atoms with Crippen LogP contribution in [0, 0.1) is 5.92 Å². The Bertz CT molecular complexity index is 468. The Morgan fingerprint density at radius 3 is 3.05 bits per heavy atom. The largest absolute Gasteiger partial charge is 0.380 e. The average molecular weight is 278 g/mol. The molecule has 4 heteroatoms. The van der Waals surface area contributed by atoms with Crippen LogP contribution in [0.5, 0.6) is 0 Å². The first-order valence-corrected chi connectivity index (χ1v) is 7.70. The van der Waals surface area contributed by atoms with E-state index in [0.717, 1.165) is 51.1 Å². The highest BCUT2D eigenvalue weighted by Gasteiger charge is 2.19. The maximum Gasteiger partial charge on any atom is 0.248 e. The second-order valence-electron chi connectivity index (χ2n) is 5.95. The summed E-state index contributed by atoms with van der Waals surface area (Å²) in [6.45, 7) is 6.87. The highest BCUT2D eigenvalue weighted by molar-refractivity contribution is 5.26. The van der Waals surface area contributed by atoms with Crippen molar-refractivity contribution in [2.24, 2.45) is 5.92 Å². The Labute approximate surface area is 120 Å². The highest BCUT2D eigenvalue weighted by atomic mass is 16.5. The molecule has 2 rings (SSSR count). The summed E-state index contributed by atoms with van der Waals surface area (Å²) in [5.74, 6) is 0.699. The topological polar surface area (TPSA) is 54.1 Å². The Balaban J connectivity index is 1.76. The third-order valence-electron chi connectivity index (χ3n) is 3.81. The Morgan fingerprint density at radius 1 is 1.40 bits per heavy atom. The number of aromatic amines is 1. The molecule has 0 amide bonds. The molecular weight excluding hydrogens is 252 g/mol. The van der Waals surface area contributed by atoms with E-state index >= 15 is 0 Å². The van der Waals surface area contributed by atoms with Gasteiger partial charge in [0.25, 0.3) is 0 Å². The van der Waals surface area contributed by atoms with E-state index in [1.165, 1.54) is 5.56 Å². The van der Waals surface area contributed by atoms with Crippen molar-refractivity contribution in [2.45, 2.75) is 45.6 Å². The van der Waals surface area contributed by atoms with Crippen LogP contribution in [0.3, 0.4) is 0 Å². The summed E-state index contributed by atoms with van der Waals surface area (Å²) in [6, 6.07) is 3.94. The molecule has 0 spiro atoms. The van der Waals surface area contributed by atoms with Crippen LogP contribution < -0.4 is 10.9 Å². The van der Waals surface area contributed by atoms with Crippen LogP contribution in [0.25, 0.3) is 0 Å². The van der Waals surface area contributed by atoms with Gasteiger partial charge in [-0.25, -0.2) is 0 Å². The predicted molar refractivity (Wildman–Crippen MR) is 81.0 cm³/mol. The number of rotatable bonds is 7. The molecule has 1 aromatic heterocycles. The van der Waals surface area contributed by atoms with E-state index in [9.17, 15) is 4.79 Å². The van der Waals surface area contributed by atoms with Crippen LogP contribution >= 0.6 is 0 Å². The first-order valence-electron chi connectivity index (χ1n) is 7.70. The van der Waals surface area contributed by atoms with Gasteiger partial charge in [-0.05, 0) is 37.2 Å². The minimum atomic E-state index is 0.00131. The fraction of sp³-hybridized carbons (Fsp3) is 0.688. The van der Waals surface area contributed by atoms with E-state index in [1.54, 1.807) is 6.07 Å². The third kappa shape index (κ3) is 4.46. The van der Waals surface area contributed by atoms with Gasteiger partial charge < -0.3 is 15.0 Å². The summed E-state index contributed by atoms with van der Waals surface area (Å²) in [5.41, 5.74) is 2.35. The van der Waals surface area contributed by atoms with E-state index in [4.69, 9.17) is 4.74 Å². The van der Waals surface area contributed by atoms with Crippen LogP contribution in [0.1, 0.15) is 50.4 Å². The van der Waals surface area contributed by atoms with Crippen molar-refractivity contribution < 1.29 is 4.74 Å². The van der Waals surface area contributed by atoms with Gasteiger partial charge in [-0.3, -0.25) is 4.79 Å². The number of hydrogen-bond acceptors (Lipinski definition) is 3. The van der Waals surface area contributed by atoms with Gasteiger partial charge >= 0.3 is 0 Å². The van der Waals surface area contributed by atoms with Crippen molar-refractivity contribution in [3.63, 3.8) is 0 Å². The van der Waals surface area contributed by atoms with Crippen LogP contribution in [-0.4, -0.2) is 24.7 Å². The first kappa shape index (κ1) is 15.3. The second kappa shape index (κ2) is 7.60. The van der Waals surface area contributed by atoms with E-state index in [0.29, 0.717) is 12.0 Å².